The lowest BCUT2D eigenvalue weighted by Gasteiger charge is -2.25. The summed E-state index contributed by atoms with van der Waals surface area (Å²) >= 11 is 0. The zero-order valence-electron chi connectivity index (χ0n) is 10.1. The Kier molecular flexibility index (Phi) is 4.45. The second-order valence-electron chi connectivity index (χ2n) is 4.27. The number of hydrogen-bond acceptors (Lipinski definition) is 3. The van der Waals surface area contributed by atoms with E-state index in [2.05, 4.69) is 0 Å². The predicted octanol–water partition coefficient (Wildman–Crippen LogP) is 1.10. The van der Waals surface area contributed by atoms with Crippen LogP contribution in [0.5, 0.6) is 0 Å². The van der Waals surface area contributed by atoms with Gasteiger partial charge in [-0.15, -0.1) is 0 Å². The van der Waals surface area contributed by atoms with Crippen LogP contribution in [0.3, 0.4) is 0 Å². The normalized spacial score (nSPS) is 11.1. The van der Waals surface area contributed by atoms with Crippen LogP contribution in [0.2, 0.25) is 0 Å². The van der Waals surface area contributed by atoms with E-state index in [0.29, 0.717) is 11.3 Å². The van der Waals surface area contributed by atoms with Crippen molar-refractivity contribution in [2.45, 2.75) is 26.4 Å². The Morgan fingerprint density at radius 1 is 1.47 bits per heavy atom. The fraction of sp³-hybridized carbons (Fsp3) is 0.417. The molecule has 0 saturated heterocycles. The number of hydrogen-bond donors (Lipinski definition) is 2. The van der Waals surface area contributed by atoms with Crippen molar-refractivity contribution in [3.63, 3.8) is 0 Å². The van der Waals surface area contributed by atoms with Crippen LogP contribution in [0.15, 0.2) is 18.2 Å². The van der Waals surface area contributed by atoms with E-state index >= 15 is 0 Å². The Balaban J connectivity index is 2.89. The molecule has 0 saturated carbocycles. The molecule has 0 aliphatic rings. The third kappa shape index (κ3) is 3.71. The summed E-state index contributed by atoms with van der Waals surface area (Å²) < 4.78 is 13.6. The number of nitrogen functional groups attached to an aromatic ring is 1. The van der Waals surface area contributed by atoms with E-state index in [4.69, 9.17) is 11.5 Å². The summed E-state index contributed by atoms with van der Waals surface area (Å²) in [6, 6.07) is 4.64. The summed E-state index contributed by atoms with van der Waals surface area (Å²) in [6.45, 7) is 4.20. The molecule has 0 bridgehead atoms. The highest BCUT2D eigenvalue weighted by molar-refractivity contribution is 5.76. The molecule has 0 atom stereocenters. The molecule has 17 heavy (non-hydrogen) atoms. The minimum absolute atomic E-state index is 0.0847. The van der Waals surface area contributed by atoms with Gasteiger partial charge < -0.3 is 11.5 Å². The number of nitrogens with two attached hydrogens (primary N) is 2. The Labute approximate surface area is 100 Å². The minimum atomic E-state index is -0.436. The zero-order valence-corrected chi connectivity index (χ0v) is 10.1. The highest BCUT2D eigenvalue weighted by atomic mass is 19.1. The van der Waals surface area contributed by atoms with Crippen LogP contribution in [-0.4, -0.2) is 23.4 Å². The molecule has 0 fully saturated rings. The second-order valence-corrected chi connectivity index (χ2v) is 4.27. The molecule has 0 aromatic heterocycles. The lowest BCUT2D eigenvalue weighted by atomic mass is 10.1. The Hall–Kier alpha value is -1.62. The predicted molar refractivity (Wildman–Crippen MR) is 65.6 cm³/mol. The maximum absolute atomic E-state index is 13.6. The maximum atomic E-state index is 13.6. The lowest BCUT2D eigenvalue weighted by Crippen LogP contribution is -2.38. The SMILES string of the molecule is CC(C)N(CC(N)=O)Cc1c(N)cccc1F. The smallest absolute Gasteiger partial charge is 0.231 e. The van der Waals surface area contributed by atoms with Gasteiger partial charge in [-0.2, -0.15) is 0 Å². The zero-order chi connectivity index (χ0) is 13.0. The van der Waals surface area contributed by atoms with Gasteiger partial charge in [-0.3, -0.25) is 9.69 Å². The fourth-order valence-corrected chi connectivity index (χ4v) is 1.57. The second kappa shape index (κ2) is 5.63. The topological polar surface area (TPSA) is 72.3 Å². The van der Waals surface area contributed by atoms with Crippen molar-refractivity contribution in [3.05, 3.63) is 29.6 Å². The standard InChI is InChI=1S/C12H18FN3O/c1-8(2)16(7-12(15)17)6-9-10(13)4-3-5-11(9)14/h3-5,8H,6-7,14H2,1-2H3,(H2,15,17). The first-order chi connectivity index (χ1) is 7.91. The number of anilines is 1. The van der Waals surface area contributed by atoms with E-state index in [1.807, 2.05) is 13.8 Å². The number of carbonyl (C=O) groups excluding carboxylic acids is 1. The molecule has 5 heteroatoms. The first-order valence-corrected chi connectivity index (χ1v) is 5.47. The number of amides is 1. The van der Waals surface area contributed by atoms with Crippen molar-refractivity contribution in [2.75, 3.05) is 12.3 Å². The molecule has 0 radical (unpaired) electrons. The Morgan fingerprint density at radius 3 is 2.59 bits per heavy atom. The number of carbonyl (C=O) groups is 1. The number of benzene rings is 1. The molecule has 1 aromatic rings. The van der Waals surface area contributed by atoms with Gasteiger partial charge in [0.15, 0.2) is 0 Å². The monoisotopic (exact) mass is 239 g/mol. The first-order valence-electron chi connectivity index (χ1n) is 5.47. The van der Waals surface area contributed by atoms with Gasteiger partial charge in [0, 0.05) is 23.8 Å². The van der Waals surface area contributed by atoms with Gasteiger partial charge in [0.2, 0.25) is 5.91 Å². The molecule has 1 aromatic carbocycles. The number of rotatable bonds is 5. The Bertz CT molecular complexity index is 386. The van der Waals surface area contributed by atoms with E-state index in [-0.39, 0.29) is 24.9 Å². The molecular formula is C12H18FN3O. The van der Waals surface area contributed by atoms with E-state index in [9.17, 15) is 9.18 Å². The van der Waals surface area contributed by atoms with Crippen LogP contribution in [0.25, 0.3) is 0 Å². The van der Waals surface area contributed by atoms with Crippen LogP contribution in [0.1, 0.15) is 19.4 Å². The highest BCUT2D eigenvalue weighted by Crippen LogP contribution is 2.18. The van der Waals surface area contributed by atoms with Gasteiger partial charge in [-0.25, -0.2) is 4.39 Å². The quantitative estimate of drug-likeness (QED) is 0.756. The molecule has 0 unspecified atom stereocenters. The fourth-order valence-electron chi connectivity index (χ4n) is 1.57. The summed E-state index contributed by atoms with van der Waals surface area (Å²) in [5.41, 5.74) is 11.7. The number of primary amides is 1. The van der Waals surface area contributed by atoms with Crippen molar-refractivity contribution in [1.29, 1.82) is 0 Å². The molecular weight excluding hydrogens is 221 g/mol. The molecule has 1 amide bonds. The largest absolute Gasteiger partial charge is 0.398 e. The third-order valence-corrected chi connectivity index (χ3v) is 2.61. The van der Waals surface area contributed by atoms with Gasteiger partial charge in [0.25, 0.3) is 0 Å². The summed E-state index contributed by atoms with van der Waals surface area (Å²) in [5.74, 6) is -0.797. The summed E-state index contributed by atoms with van der Waals surface area (Å²) in [6.07, 6.45) is 0. The number of halogens is 1. The summed E-state index contributed by atoms with van der Waals surface area (Å²) in [7, 11) is 0. The van der Waals surface area contributed by atoms with Crippen LogP contribution in [0.4, 0.5) is 10.1 Å². The molecule has 94 valence electrons. The minimum Gasteiger partial charge on any atom is -0.398 e. The van der Waals surface area contributed by atoms with E-state index < -0.39 is 5.91 Å². The summed E-state index contributed by atoms with van der Waals surface area (Å²) in [5, 5.41) is 0. The van der Waals surface area contributed by atoms with Crippen molar-refractivity contribution >= 4 is 11.6 Å². The van der Waals surface area contributed by atoms with Gasteiger partial charge in [0.1, 0.15) is 5.82 Å². The van der Waals surface area contributed by atoms with Gasteiger partial charge >= 0.3 is 0 Å². The maximum Gasteiger partial charge on any atom is 0.231 e. The molecule has 4 N–H and O–H groups in total. The molecule has 1 rings (SSSR count). The molecule has 0 heterocycles. The molecule has 4 nitrogen and oxygen atoms in total. The van der Waals surface area contributed by atoms with Crippen LogP contribution in [0, 0.1) is 5.82 Å². The van der Waals surface area contributed by atoms with Crippen molar-refractivity contribution < 1.29 is 9.18 Å². The average Bonchev–Trinajstić information content (AvgIpc) is 2.21. The number of nitrogens with zero attached hydrogens (tertiary/aromatic N) is 1. The van der Waals surface area contributed by atoms with E-state index in [0.717, 1.165) is 0 Å². The summed E-state index contributed by atoms with van der Waals surface area (Å²) in [4.78, 5) is 12.7. The van der Waals surface area contributed by atoms with Gasteiger partial charge in [0.05, 0.1) is 6.54 Å². The highest BCUT2D eigenvalue weighted by Gasteiger charge is 2.16. The van der Waals surface area contributed by atoms with Crippen molar-refractivity contribution in [1.82, 2.24) is 4.90 Å². The van der Waals surface area contributed by atoms with Crippen LogP contribution < -0.4 is 11.5 Å². The average molecular weight is 239 g/mol. The van der Waals surface area contributed by atoms with Crippen LogP contribution in [-0.2, 0) is 11.3 Å². The molecule has 0 aliphatic carbocycles. The third-order valence-electron chi connectivity index (χ3n) is 2.61. The van der Waals surface area contributed by atoms with Crippen molar-refractivity contribution in [2.24, 2.45) is 5.73 Å². The van der Waals surface area contributed by atoms with Gasteiger partial charge in [-0.1, -0.05) is 6.07 Å². The van der Waals surface area contributed by atoms with E-state index in [1.165, 1.54) is 6.07 Å². The molecule has 0 aliphatic heterocycles. The van der Waals surface area contributed by atoms with E-state index in [1.54, 1.807) is 17.0 Å². The van der Waals surface area contributed by atoms with Crippen LogP contribution >= 0.6 is 0 Å². The first kappa shape index (κ1) is 13.4. The molecule has 0 spiro atoms. The Morgan fingerprint density at radius 2 is 2.12 bits per heavy atom. The lowest BCUT2D eigenvalue weighted by molar-refractivity contribution is -0.119. The van der Waals surface area contributed by atoms with Gasteiger partial charge in [-0.05, 0) is 26.0 Å². The van der Waals surface area contributed by atoms with Crippen molar-refractivity contribution in [3.8, 4) is 0 Å².